The van der Waals surface area contributed by atoms with Crippen LogP contribution in [0.4, 0.5) is 5.69 Å². The van der Waals surface area contributed by atoms with Gasteiger partial charge in [0.15, 0.2) is 0 Å². The van der Waals surface area contributed by atoms with E-state index in [0.717, 1.165) is 12.1 Å². The number of aliphatic imine (C=N–C) groups is 1. The van der Waals surface area contributed by atoms with Crippen LogP contribution in [0, 0.1) is 6.92 Å². The number of nitrogens with zero attached hydrogens (tertiary/aromatic N) is 1. The second-order valence-corrected chi connectivity index (χ2v) is 3.14. The van der Waals surface area contributed by atoms with Crippen LogP contribution < -0.4 is 5.73 Å². The van der Waals surface area contributed by atoms with Crippen LogP contribution in [-0.2, 0) is 0 Å². The van der Waals surface area contributed by atoms with Crippen molar-refractivity contribution < 1.29 is 0 Å². The van der Waals surface area contributed by atoms with Crippen LogP contribution in [-0.4, -0.2) is 5.84 Å². The highest BCUT2D eigenvalue weighted by Crippen LogP contribution is 2.22. The van der Waals surface area contributed by atoms with E-state index in [1.807, 2.05) is 19.2 Å². The Morgan fingerprint density at radius 1 is 1.64 bits per heavy atom. The predicted octanol–water partition coefficient (Wildman–Crippen LogP) is 2.46. The third-order valence-corrected chi connectivity index (χ3v) is 2.30. The maximum absolute atomic E-state index is 5.59. The number of hydrogen-bond donors (Lipinski definition) is 1. The molecule has 3 heteroatoms. The minimum atomic E-state index is 0.700. The normalized spacial score (nSPS) is 12.0. The number of rotatable bonds is 2. The van der Waals surface area contributed by atoms with E-state index in [4.69, 9.17) is 5.73 Å². The van der Waals surface area contributed by atoms with Crippen molar-refractivity contribution in [2.75, 3.05) is 0 Å². The first-order valence-electron chi connectivity index (χ1n) is 3.60. The molecule has 1 aromatic heterocycles. The molecule has 0 saturated heterocycles. The molecule has 0 bridgehead atoms. The maximum atomic E-state index is 5.59. The molecule has 0 atom stereocenters. The summed E-state index contributed by atoms with van der Waals surface area (Å²) in [5.74, 6) is 0.700. The third kappa shape index (κ3) is 2.05. The Morgan fingerprint density at radius 2 is 2.36 bits per heavy atom. The molecule has 0 aromatic carbocycles. The van der Waals surface area contributed by atoms with Crippen LogP contribution in [0.5, 0.6) is 0 Å². The van der Waals surface area contributed by atoms with Crippen molar-refractivity contribution in [2.24, 2.45) is 10.7 Å². The van der Waals surface area contributed by atoms with Crippen molar-refractivity contribution >= 4 is 22.9 Å². The van der Waals surface area contributed by atoms with Gasteiger partial charge < -0.3 is 5.73 Å². The summed E-state index contributed by atoms with van der Waals surface area (Å²) in [5, 5.41) is 4.08. The first-order valence-corrected chi connectivity index (χ1v) is 4.54. The number of amidine groups is 1. The largest absolute Gasteiger partial charge is 0.387 e. The zero-order valence-electron chi connectivity index (χ0n) is 6.79. The Morgan fingerprint density at radius 3 is 2.82 bits per heavy atom. The molecule has 0 saturated carbocycles. The molecule has 0 aliphatic rings. The van der Waals surface area contributed by atoms with Gasteiger partial charge in [-0.05, 0) is 17.9 Å². The smallest absolute Gasteiger partial charge is 0.0994 e. The SMILES string of the molecule is CCC(N)=Nc1cscc1C. The van der Waals surface area contributed by atoms with Crippen LogP contribution in [0.2, 0.25) is 0 Å². The molecule has 60 valence electrons. The van der Waals surface area contributed by atoms with Crippen molar-refractivity contribution in [3.63, 3.8) is 0 Å². The Balaban J connectivity index is 2.86. The maximum Gasteiger partial charge on any atom is 0.0994 e. The van der Waals surface area contributed by atoms with Crippen LogP contribution >= 0.6 is 11.3 Å². The lowest BCUT2D eigenvalue weighted by atomic mass is 10.3. The standard InChI is InChI=1S/C8H12N2S/c1-3-8(9)10-7-5-11-4-6(7)2/h4-5H,3H2,1-2H3,(H2,9,10). The quantitative estimate of drug-likeness (QED) is 0.534. The van der Waals surface area contributed by atoms with E-state index in [0.29, 0.717) is 5.84 Å². The predicted molar refractivity (Wildman–Crippen MR) is 50.6 cm³/mol. The summed E-state index contributed by atoms with van der Waals surface area (Å²) in [6.45, 7) is 4.04. The highest BCUT2D eigenvalue weighted by atomic mass is 32.1. The van der Waals surface area contributed by atoms with E-state index in [1.54, 1.807) is 11.3 Å². The van der Waals surface area contributed by atoms with E-state index >= 15 is 0 Å². The molecule has 0 fully saturated rings. The number of hydrogen-bond acceptors (Lipinski definition) is 2. The van der Waals surface area contributed by atoms with Gasteiger partial charge in [-0.25, -0.2) is 4.99 Å². The van der Waals surface area contributed by atoms with Crippen LogP contribution in [0.15, 0.2) is 15.8 Å². The molecule has 0 amide bonds. The third-order valence-electron chi connectivity index (χ3n) is 1.45. The molecule has 2 nitrogen and oxygen atoms in total. The van der Waals surface area contributed by atoms with Crippen LogP contribution in [0.25, 0.3) is 0 Å². The van der Waals surface area contributed by atoms with Crippen molar-refractivity contribution in [2.45, 2.75) is 20.3 Å². The topological polar surface area (TPSA) is 38.4 Å². The van der Waals surface area contributed by atoms with E-state index in [1.165, 1.54) is 5.56 Å². The molecule has 1 heterocycles. The average molecular weight is 168 g/mol. The van der Waals surface area contributed by atoms with Gasteiger partial charge in [0.1, 0.15) is 0 Å². The van der Waals surface area contributed by atoms with Crippen molar-refractivity contribution in [3.05, 3.63) is 16.3 Å². The summed E-state index contributed by atoms with van der Waals surface area (Å²) in [5.41, 5.74) is 7.80. The molecule has 11 heavy (non-hydrogen) atoms. The van der Waals surface area contributed by atoms with E-state index in [-0.39, 0.29) is 0 Å². The zero-order chi connectivity index (χ0) is 8.27. The summed E-state index contributed by atoms with van der Waals surface area (Å²) in [4.78, 5) is 4.24. The fourth-order valence-corrected chi connectivity index (χ4v) is 1.46. The van der Waals surface area contributed by atoms with Crippen molar-refractivity contribution in [1.82, 2.24) is 0 Å². The molecule has 1 rings (SSSR count). The van der Waals surface area contributed by atoms with Gasteiger partial charge in [-0.1, -0.05) is 6.92 Å². The first kappa shape index (κ1) is 8.27. The van der Waals surface area contributed by atoms with E-state index in [9.17, 15) is 0 Å². The molecule has 0 spiro atoms. The Labute approximate surface area is 70.8 Å². The first-order chi connectivity index (χ1) is 5.24. The Kier molecular flexibility index (Phi) is 2.65. The lowest BCUT2D eigenvalue weighted by molar-refractivity contribution is 1.23. The fourth-order valence-electron chi connectivity index (χ4n) is 0.702. The van der Waals surface area contributed by atoms with Gasteiger partial charge in [0, 0.05) is 11.8 Å². The van der Waals surface area contributed by atoms with E-state index in [2.05, 4.69) is 10.4 Å². The minimum Gasteiger partial charge on any atom is -0.387 e. The lowest BCUT2D eigenvalue weighted by Gasteiger charge is -1.94. The lowest BCUT2D eigenvalue weighted by Crippen LogP contribution is -2.08. The highest BCUT2D eigenvalue weighted by molar-refractivity contribution is 7.08. The number of aryl methyl sites for hydroxylation is 1. The van der Waals surface area contributed by atoms with Crippen molar-refractivity contribution in [1.29, 1.82) is 0 Å². The molecule has 0 aliphatic carbocycles. The van der Waals surface area contributed by atoms with Gasteiger partial charge in [-0.15, -0.1) is 11.3 Å². The zero-order valence-corrected chi connectivity index (χ0v) is 7.61. The summed E-state index contributed by atoms with van der Waals surface area (Å²) in [7, 11) is 0. The molecule has 1 aromatic rings. The van der Waals surface area contributed by atoms with Crippen molar-refractivity contribution in [3.8, 4) is 0 Å². The van der Waals surface area contributed by atoms with Gasteiger partial charge in [0.05, 0.1) is 11.5 Å². The minimum absolute atomic E-state index is 0.700. The van der Waals surface area contributed by atoms with E-state index < -0.39 is 0 Å². The molecule has 0 aliphatic heterocycles. The van der Waals surface area contributed by atoms with Gasteiger partial charge in [-0.3, -0.25) is 0 Å². The Bertz CT molecular complexity index is 263. The molecule has 0 unspecified atom stereocenters. The highest BCUT2D eigenvalue weighted by Gasteiger charge is 1.96. The van der Waals surface area contributed by atoms with Crippen LogP contribution in [0.1, 0.15) is 18.9 Å². The summed E-state index contributed by atoms with van der Waals surface area (Å²) in [6, 6.07) is 0. The molecule has 2 N–H and O–H groups in total. The van der Waals surface area contributed by atoms with Gasteiger partial charge >= 0.3 is 0 Å². The molecular formula is C8H12N2S. The monoisotopic (exact) mass is 168 g/mol. The summed E-state index contributed by atoms with van der Waals surface area (Å²) >= 11 is 1.66. The molecule has 0 radical (unpaired) electrons. The summed E-state index contributed by atoms with van der Waals surface area (Å²) < 4.78 is 0. The second-order valence-electron chi connectivity index (χ2n) is 2.40. The fraction of sp³-hybridized carbons (Fsp3) is 0.375. The Hall–Kier alpha value is -0.830. The average Bonchev–Trinajstić information content (AvgIpc) is 2.37. The molecular weight excluding hydrogens is 156 g/mol. The van der Waals surface area contributed by atoms with Gasteiger partial charge in [-0.2, -0.15) is 0 Å². The van der Waals surface area contributed by atoms with Crippen LogP contribution in [0.3, 0.4) is 0 Å². The van der Waals surface area contributed by atoms with Gasteiger partial charge in [0.2, 0.25) is 0 Å². The number of nitrogens with two attached hydrogens (primary N) is 1. The number of thiophene rings is 1. The second kappa shape index (κ2) is 3.53. The summed E-state index contributed by atoms with van der Waals surface area (Å²) in [6.07, 6.45) is 0.815. The van der Waals surface area contributed by atoms with Gasteiger partial charge in [0.25, 0.3) is 0 Å².